The molecule has 1 aliphatic heterocycles. The predicted octanol–water partition coefficient (Wildman–Crippen LogP) is 1.98. The van der Waals surface area contributed by atoms with Crippen molar-refractivity contribution in [3.8, 4) is 11.5 Å². The zero-order valence-corrected chi connectivity index (χ0v) is 15.7. The molecule has 3 rings (SSSR count). The summed E-state index contributed by atoms with van der Waals surface area (Å²) < 4.78 is 10.6. The topological polar surface area (TPSA) is 92.8 Å². The summed E-state index contributed by atoms with van der Waals surface area (Å²) in [4.78, 5) is 30.3. The van der Waals surface area contributed by atoms with Crippen LogP contribution in [0.25, 0.3) is 0 Å². The van der Waals surface area contributed by atoms with E-state index in [-0.39, 0.29) is 24.4 Å². The fourth-order valence-corrected chi connectivity index (χ4v) is 2.92. The molecule has 2 amide bonds. The molecule has 2 aromatic rings. The minimum absolute atomic E-state index is 0.0867. The Labute approximate surface area is 157 Å². The number of carbonyl (C=O) groups is 2. The Kier molecular flexibility index (Phi) is 5.16. The van der Waals surface area contributed by atoms with Crippen molar-refractivity contribution in [1.82, 2.24) is 10.3 Å². The van der Waals surface area contributed by atoms with Crippen molar-refractivity contribution in [2.45, 2.75) is 13.0 Å². The molecular formula is C19H22N4O4. The van der Waals surface area contributed by atoms with E-state index >= 15 is 0 Å². The third kappa shape index (κ3) is 3.64. The lowest BCUT2D eigenvalue weighted by atomic mass is 10.1. The van der Waals surface area contributed by atoms with Crippen molar-refractivity contribution in [3.63, 3.8) is 0 Å². The zero-order chi connectivity index (χ0) is 19.6. The van der Waals surface area contributed by atoms with Gasteiger partial charge in [0.05, 0.1) is 38.1 Å². The average Bonchev–Trinajstić information content (AvgIpc) is 2.69. The standard InChI is InChI=1S/C19H22N4O4/c1-11(14-8-13(26-3)5-6-16(14)27-4)22-19(25)12-7-15-18(20-9-12)21-10-17(24)23(15)2/h5-9,11H,10H2,1-4H3,(H,20,21)(H,22,25). The second kappa shape index (κ2) is 7.53. The van der Waals surface area contributed by atoms with Crippen LogP contribution in [0.15, 0.2) is 30.5 Å². The third-order valence-electron chi connectivity index (χ3n) is 4.52. The Morgan fingerprint density at radius 1 is 1.30 bits per heavy atom. The van der Waals surface area contributed by atoms with Crippen LogP contribution in [-0.4, -0.2) is 44.6 Å². The summed E-state index contributed by atoms with van der Waals surface area (Å²) >= 11 is 0. The SMILES string of the molecule is COc1ccc(OC)c(C(C)NC(=O)c2cnc3c(c2)N(C)C(=O)CN3)c1. The molecule has 0 bridgehead atoms. The Hall–Kier alpha value is -3.29. The van der Waals surface area contributed by atoms with E-state index in [1.165, 1.54) is 11.1 Å². The molecule has 8 nitrogen and oxygen atoms in total. The molecule has 0 spiro atoms. The molecule has 1 aromatic heterocycles. The minimum Gasteiger partial charge on any atom is -0.497 e. The molecule has 1 aromatic carbocycles. The molecule has 8 heteroatoms. The van der Waals surface area contributed by atoms with E-state index in [4.69, 9.17) is 9.47 Å². The lowest BCUT2D eigenvalue weighted by molar-refractivity contribution is -0.116. The van der Waals surface area contributed by atoms with Crippen molar-refractivity contribution < 1.29 is 19.1 Å². The number of fused-ring (bicyclic) bond motifs is 1. The van der Waals surface area contributed by atoms with Crippen LogP contribution in [0.3, 0.4) is 0 Å². The van der Waals surface area contributed by atoms with Crippen LogP contribution in [0.5, 0.6) is 11.5 Å². The number of anilines is 2. The first kappa shape index (κ1) is 18.5. The maximum atomic E-state index is 12.7. The first-order valence-electron chi connectivity index (χ1n) is 8.48. The number of benzene rings is 1. The number of aromatic nitrogens is 1. The number of hydrogen-bond donors (Lipinski definition) is 2. The molecule has 27 heavy (non-hydrogen) atoms. The lowest BCUT2D eigenvalue weighted by Crippen LogP contribution is -2.37. The first-order chi connectivity index (χ1) is 12.9. The van der Waals surface area contributed by atoms with E-state index in [2.05, 4.69) is 15.6 Å². The van der Waals surface area contributed by atoms with Gasteiger partial charge in [-0.05, 0) is 31.2 Å². The number of nitrogens with zero attached hydrogens (tertiary/aromatic N) is 2. The number of ether oxygens (including phenoxy) is 2. The maximum Gasteiger partial charge on any atom is 0.253 e. The van der Waals surface area contributed by atoms with Crippen molar-refractivity contribution in [2.24, 2.45) is 0 Å². The van der Waals surface area contributed by atoms with E-state index in [0.717, 1.165) is 5.56 Å². The average molecular weight is 370 g/mol. The van der Waals surface area contributed by atoms with E-state index in [9.17, 15) is 9.59 Å². The van der Waals surface area contributed by atoms with E-state index in [1.807, 2.05) is 13.0 Å². The number of likely N-dealkylation sites (N-methyl/N-ethyl adjacent to an activating group) is 1. The fraction of sp³-hybridized carbons (Fsp3) is 0.316. The van der Waals surface area contributed by atoms with Crippen molar-refractivity contribution in [1.29, 1.82) is 0 Å². The Bertz CT molecular complexity index is 884. The van der Waals surface area contributed by atoms with Gasteiger partial charge >= 0.3 is 0 Å². The van der Waals surface area contributed by atoms with E-state index < -0.39 is 0 Å². The van der Waals surface area contributed by atoms with Gasteiger partial charge in [-0.25, -0.2) is 4.98 Å². The second-order valence-electron chi connectivity index (χ2n) is 6.20. The minimum atomic E-state index is -0.323. The Morgan fingerprint density at radius 2 is 2.07 bits per heavy atom. The summed E-state index contributed by atoms with van der Waals surface area (Å²) in [6.45, 7) is 2.05. The van der Waals surface area contributed by atoms with Gasteiger partial charge in [-0.15, -0.1) is 0 Å². The molecule has 1 unspecified atom stereocenters. The van der Waals surface area contributed by atoms with Gasteiger partial charge in [0, 0.05) is 18.8 Å². The summed E-state index contributed by atoms with van der Waals surface area (Å²) in [7, 11) is 4.82. The Morgan fingerprint density at radius 3 is 2.78 bits per heavy atom. The summed E-state index contributed by atoms with van der Waals surface area (Å²) in [5.41, 5.74) is 1.74. The highest BCUT2D eigenvalue weighted by Gasteiger charge is 2.23. The highest BCUT2D eigenvalue weighted by Crippen LogP contribution is 2.30. The largest absolute Gasteiger partial charge is 0.497 e. The summed E-state index contributed by atoms with van der Waals surface area (Å²) in [5, 5.41) is 5.87. The normalized spacial score (nSPS) is 14.1. The van der Waals surface area contributed by atoms with Gasteiger partial charge in [-0.1, -0.05) is 0 Å². The molecule has 1 atom stereocenters. The van der Waals surface area contributed by atoms with Crippen LogP contribution in [0.4, 0.5) is 11.5 Å². The molecule has 0 aliphatic carbocycles. The molecule has 0 saturated heterocycles. The molecule has 0 radical (unpaired) electrons. The lowest BCUT2D eigenvalue weighted by Gasteiger charge is -2.26. The molecule has 0 fully saturated rings. The number of carbonyl (C=O) groups excluding carboxylic acids is 2. The van der Waals surface area contributed by atoms with E-state index in [0.29, 0.717) is 28.6 Å². The summed E-state index contributed by atoms with van der Waals surface area (Å²) in [5.74, 6) is 1.52. The second-order valence-corrected chi connectivity index (χ2v) is 6.20. The van der Waals surface area contributed by atoms with Gasteiger partial charge < -0.3 is 25.0 Å². The number of pyridine rings is 1. The van der Waals surface area contributed by atoms with Gasteiger partial charge in [-0.3, -0.25) is 9.59 Å². The van der Waals surface area contributed by atoms with E-state index in [1.54, 1.807) is 39.5 Å². The molecule has 1 aliphatic rings. The number of rotatable bonds is 5. The van der Waals surface area contributed by atoms with Gasteiger partial charge in [0.25, 0.3) is 5.91 Å². The quantitative estimate of drug-likeness (QED) is 0.836. The molecule has 142 valence electrons. The molecule has 2 N–H and O–H groups in total. The van der Waals surface area contributed by atoms with Crippen LogP contribution in [0.2, 0.25) is 0 Å². The number of nitrogens with one attached hydrogen (secondary N) is 2. The summed E-state index contributed by atoms with van der Waals surface area (Å²) in [6.07, 6.45) is 1.49. The number of hydrogen-bond acceptors (Lipinski definition) is 6. The van der Waals surface area contributed by atoms with Crippen LogP contribution >= 0.6 is 0 Å². The highest BCUT2D eigenvalue weighted by atomic mass is 16.5. The highest BCUT2D eigenvalue weighted by molar-refractivity contribution is 6.03. The monoisotopic (exact) mass is 370 g/mol. The van der Waals surface area contributed by atoms with Crippen molar-refractivity contribution in [2.75, 3.05) is 38.0 Å². The number of methoxy groups -OCH3 is 2. The maximum absolute atomic E-state index is 12.7. The smallest absolute Gasteiger partial charge is 0.253 e. The molecule has 0 saturated carbocycles. The van der Waals surface area contributed by atoms with Gasteiger partial charge in [0.15, 0.2) is 0 Å². The molecular weight excluding hydrogens is 348 g/mol. The first-order valence-corrected chi connectivity index (χ1v) is 8.48. The predicted molar refractivity (Wildman–Crippen MR) is 102 cm³/mol. The third-order valence-corrected chi connectivity index (χ3v) is 4.52. The van der Waals surface area contributed by atoms with Crippen molar-refractivity contribution in [3.05, 3.63) is 41.6 Å². The zero-order valence-electron chi connectivity index (χ0n) is 15.7. The van der Waals surface area contributed by atoms with Crippen LogP contribution in [0.1, 0.15) is 28.9 Å². The fourth-order valence-electron chi connectivity index (χ4n) is 2.92. The molecule has 2 heterocycles. The van der Waals surface area contributed by atoms with Crippen LogP contribution in [0, 0.1) is 0 Å². The van der Waals surface area contributed by atoms with Crippen molar-refractivity contribution >= 4 is 23.3 Å². The van der Waals surface area contributed by atoms with Gasteiger partial charge in [0.1, 0.15) is 17.3 Å². The van der Waals surface area contributed by atoms with Crippen LogP contribution in [-0.2, 0) is 4.79 Å². The van der Waals surface area contributed by atoms with Gasteiger partial charge in [-0.2, -0.15) is 0 Å². The van der Waals surface area contributed by atoms with Crippen LogP contribution < -0.4 is 25.0 Å². The summed E-state index contributed by atoms with van der Waals surface area (Å²) in [6, 6.07) is 6.74. The number of amides is 2. The van der Waals surface area contributed by atoms with Gasteiger partial charge in [0.2, 0.25) is 5.91 Å². The Balaban J connectivity index is 1.83.